The van der Waals surface area contributed by atoms with Crippen LogP contribution in [-0.2, 0) is 0 Å². The summed E-state index contributed by atoms with van der Waals surface area (Å²) in [6.07, 6.45) is 4.28. The molecule has 0 aromatic carbocycles. The van der Waals surface area contributed by atoms with Crippen LogP contribution >= 0.6 is 0 Å². The van der Waals surface area contributed by atoms with Gasteiger partial charge in [-0.2, -0.15) is 0 Å². The van der Waals surface area contributed by atoms with Crippen molar-refractivity contribution >= 4 is 0 Å². The smallest absolute Gasteiger partial charge is 0.0319 e. The number of hydrogen-bond donors (Lipinski definition) is 1. The van der Waals surface area contributed by atoms with E-state index < -0.39 is 0 Å². The van der Waals surface area contributed by atoms with E-state index in [1.807, 2.05) is 0 Å². The van der Waals surface area contributed by atoms with Gasteiger partial charge in [0.15, 0.2) is 0 Å². The Morgan fingerprint density at radius 1 is 1.00 bits per heavy atom. The Balaban J connectivity index is 0.000000291. The Morgan fingerprint density at radius 2 is 1.44 bits per heavy atom. The van der Waals surface area contributed by atoms with Crippen LogP contribution < -0.4 is 0 Å². The van der Waals surface area contributed by atoms with Crippen LogP contribution in [0, 0.1) is 0 Å². The van der Waals surface area contributed by atoms with E-state index in [1.165, 1.54) is 32.4 Å². The monoisotopic (exact) mass is 131 g/mol. The van der Waals surface area contributed by atoms with Gasteiger partial charge < -0.3 is 10.0 Å². The molecule has 0 atom stereocenters. The standard InChI is InChI=1S/C6H13N.CH4O/c1-7-5-3-2-4-6-7;1-2/h2-6H2,1H3;2H,1H3. The molecule has 0 amide bonds. The quantitative estimate of drug-likeness (QED) is 0.523. The third-order valence-electron chi connectivity index (χ3n) is 1.58. The summed E-state index contributed by atoms with van der Waals surface area (Å²) < 4.78 is 0. The van der Waals surface area contributed by atoms with Gasteiger partial charge in [0, 0.05) is 7.11 Å². The summed E-state index contributed by atoms with van der Waals surface area (Å²) in [5, 5.41) is 7.00. The maximum atomic E-state index is 7.00. The lowest BCUT2D eigenvalue weighted by molar-refractivity contribution is 0.277. The fourth-order valence-corrected chi connectivity index (χ4v) is 1.05. The van der Waals surface area contributed by atoms with Gasteiger partial charge in [-0.05, 0) is 33.0 Å². The maximum absolute atomic E-state index is 7.00. The van der Waals surface area contributed by atoms with Gasteiger partial charge in [0.25, 0.3) is 0 Å². The molecular formula is C7H17NO. The molecule has 9 heavy (non-hydrogen) atoms. The Kier molecular flexibility index (Phi) is 5.99. The molecule has 0 aromatic rings. The van der Waals surface area contributed by atoms with E-state index in [0.717, 1.165) is 7.11 Å². The summed E-state index contributed by atoms with van der Waals surface area (Å²) in [6, 6.07) is 0. The zero-order chi connectivity index (χ0) is 7.11. The van der Waals surface area contributed by atoms with Crippen molar-refractivity contribution < 1.29 is 5.11 Å². The van der Waals surface area contributed by atoms with Gasteiger partial charge in [0.05, 0.1) is 0 Å². The van der Waals surface area contributed by atoms with E-state index in [9.17, 15) is 0 Å². The van der Waals surface area contributed by atoms with Gasteiger partial charge in [-0.3, -0.25) is 0 Å². The highest BCUT2D eigenvalue weighted by Crippen LogP contribution is 2.04. The Labute approximate surface area is 57.5 Å². The lowest BCUT2D eigenvalue weighted by atomic mass is 10.1. The number of aliphatic hydroxyl groups is 1. The van der Waals surface area contributed by atoms with Crippen molar-refractivity contribution in [2.75, 3.05) is 27.2 Å². The highest BCUT2D eigenvalue weighted by Gasteiger charge is 2.02. The fraction of sp³-hybridized carbons (Fsp3) is 1.00. The molecule has 2 heteroatoms. The number of likely N-dealkylation sites (tertiary alicyclic amines) is 1. The third kappa shape index (κ3) is 4.43. The van der Waals surface area contributed by atoms with E-state index in [2.05, 4.69) is 11.9 Å². The molecule has 0 aliphatic carbocycles. The van der Waals surface area contributed by atoms with Crippen LogP contribution in [-0.4, -0.2) is 37.3 Å². The van der Waals surface area contributed by atoms with Crippen molar-refractivity contribution in [3.8, 4) is 0 Å². The zero-order valence-electron chi connectivity index (χ0n) is 6.43. The second kappa shape index (κ2) is 6.05. The van der Waals surface area contributed by atoms with E-state index in [1.54, 1.807) is 0 Å². The summed E-state index contributed by atoms with van der Waals surface area (Å²) in [6.45, 7) is 2.64. The first-order valence-electron chi connectivity index (χ1n) is 3.53. The topological polar surface area (TPSA) is 23.5 Å². The van der Waals surface area contributed by atoms with Crippen LogP contribution in [0.1, 0.15) is 19.3 Å². The number of hydrogen-bond acceptors (Lipinski definition) is 2. The molecule has 0 radical (unpaired) electrons. The minimum atomic E-state index is 1.00. The van der Waals surface area contributed by atoms with Crippen LogP contribution in [0.25, 0.3) is 0 Å². The minimum Gasteiger partial charge on any atom is -0.400 e. The number of rotatable bonds is 0. The molecule has 0 saturated carbocycles. The van der Waals surface area contributed by atoms with E-state index in [-0.39, 0.29) is 0 Å². The van der Waals surface area contributed by atoms with Crippen LogP contribution in [0.4, 0.5) is 0 Å². The second-order valence-corrected chi connectivity index (χ2v) is 2.36. The molecule has 1 aliphatic rings. The van der Waals surface area contributed by atoms with E-state index in [0.29, 0.717) is 0 Å². The van der Waals surface area contributed by atoms with Crippen molar-refractivity contribution in [1.29, 1.82) is 0 Å². The zero-order valence-corrected chi connectivity index (χ0v) is 6.43. The summed E-state index contributed by atoms with van der Waals surface area (Å²) in [5.74, 6) is 0. The van der Waals surface area contributed by atoms with Gasteiger partial charge in [-0.15, -0.1) is 0 Å². The fourth-order valence-electron chi connectivity index (χ4n) is 1.05. The first-order valence-corrected chi connectivity index (χ1v) is 3.53. The largest absolute Gasteiger partial charge is 0.400 e. The Morgan fingerprint density at radius 3 is 1.67 bits per heavy atom. The summed E-state index contributed by atoms with van der Waals surface area (Å²) in [5.41, 5.74) is 0. The van der Waals surface area contributed by atoms with Gasteiger partial charge in [-0.25, -0.2) is 0 Å². The van der Waals surface area contributed by atoms with Gasteiger partial charge in [-0.1, -0.05) is 6.42 Å². The number of nitrogens with zero attached hydrogens (tertiary/aromatic N) is 1. The van der Waals surface area contributed by atoms with Crippen LogP contribution in [0.3, 0.4) is 0 Å². The van der Waals surface area contributed by atoms with Gasteiger partial charge in [0.2, 0.25) is 0 Å². The van der Waals surface area contributed by atoms with Crippen molar-refractivity contribution in [1.82, 2.24) is 4.90 Å². The van der Waals surface area contributed by atoms with Crippen LogP contribution in [0.2, 0.25) is 0 Å². The molecule has 1 fully saturated rings. The molecule has 0 spiro atoms. The molecule has 2 nitrogen and oxygen atoms in total. The van der Waals surface area contributed by atoms with E-state index >= 15 is 0 Å². The second-order valence-electron chi connectivity index (χ2n) is 2.36. The van der Waals surface area contributed by atoms with Gasteiger partial charge in [0.1, 0.15) is 0 Å². The predicted octanol–water partition coefficient (Wildman–Crippen LogP) is 0.711. The molecule has 1 saturated heterocycles. The summed E-state index contributed by atoms with van der Waals surface area (Å²) in [7, 11) is 3.19. The van der Waals surface area contributed by atoms with Crippen molar-refractivity contribution in [2.45, 2.75) is 19.3 Å². The van der Waals surface area contributed by atoms with Crippen molar-refractivity contribution in [2.24, 2.45) is 0 Å². The molecule has 1 aliphatic heterocycles. The van der Waals surface area contributed by atoms with Crippen LogP contribution in [0.15, 0.2) is 0 Å². The van der Waals surface area contributed by atoms with Crippen LogP contribution in [0.5, 0.6) is 0 Å². The molecule has 1 heterocycles. The first kappa shape index (κ1) is 8.92. The summed E-state index contributed by atoms with van der Waals surface area (Å²) >= 11 is 0. The minimum absolute atomic E-state index is 1.00. The highest BCUT2D eigenvalue weighted by atomic mass is 16.2. The summed E-state index contributed by atoms with van der Waals surface area (Å²) in [4.78, 5) is 2.39. The third-order valence-corrected chi connectivity index (χ3v) is 1.58. The normalized spacial score (nSPS) is 20.3. The molecular weight excluding hydrogens is 114 g/mol. The van der Waals surface area contributed by atoms with Crippen molar-refractivity contribution in [3.05, 3.63) is 0 Å². The molecule has 1 N–H and O–H groups in total. The van der Waals surface area contributed by atoms with E-state index in [4.69, 9.17) is 5.11 Å². The average molecular weight is 131 g/mol. The number of piperidine rings is 1. The molecule has 0 unspecified atom stereocenters. The highest BCUT2D eigenvalue weighted by molar-refractivity contribution is 4.58. The first-order chi connectivity index (χ1) is 4.39. The molecule has 0 aromatic heterocycles. The maximum Gasteiger partial charge on any atom is 0.0319 e. The van der Waals surface area contributed by atoms with Gasteiger partial charge >= 0.3 is 0 Å². The SMILES string of the molecule is CN1CCCCC1.CO. The molecule has 0 bridgehead atoms. The molecule has 56 valence electrons. The molecule has 1 rings (SSSR count). The predicted molar refractivity (Wildman–Crippen MR) is 39.5 cm³/mol. The van der Waals surface area contributed by atoms with Crippen molar-refractivity contribution in [3.63, 3.8) is 0 Å². The Bertz CT molecular complexity index is 50.9. The lowest BCUT2D eigenvalue weighted by Gasteiger charge is -2.20. The lowest BCUT2D eigenvalue weighted by Crippen LogP contribution is -2.24. The average Bonchev–Trinajstić information content (AvgIpc) is 1.94. The number of aliphatic hydroxyl groups excluding tert-OH is 1. The Hall–Kier alpha value is -0.0800.